The molecule has 0 atom stereocenters. The summed E-state index contributed by atoms with van der Waals surface area (Å²) in [7, 11) is 0. The first-order valence-electron chi connectivity index (χ1n) is 8.75. The van der Waals surface area contributed by atoms with Crippen LogP contribution in [0.2, 0.25) is 0 Å². The Balaban J connectivity index is 1.59. The number of carbonyl (C=O) groups is 1. The third-order valence-corrected chi connectivity index (χ3v) is 4.69. The first kappa shape index (κ1) is 16.5. The van der Waals surface area contributed by atoms with Crippen LogP contribution in [0.15, 0.2) is 6.07 Å². The van der Waals surface area contributed by atoms with E-state index in [1.54, 1.807) is 0 Å². The van der Waals surface area contributed by atoms with E-state index in [2.05, 4.69) is 39.9 Å². The van der Waals surface area contributed by atoms with Crippen molar-refractivity contribution < 1.29 is 4.79 Å². The van der Waals surface area contributed by atoms with Crippen LogP contribution in [0.25, 0.3) is 0 Å². The Labute approximate surface area is 138 Å². The minimum Gasteiger partial charge on any atom is -0.350 e. The van der Waals surface area contributed by atoms with E-state index in [0.29, 0.717) is 6.54 Å². The SMILES string of the molecule is CC(C)(N)CN1CCCn2nc(CNC(=O)C3CCC3)cc2C1. The number of aromatic nitrogens is 2. The molecule has 0 spiro atoms. The molecule has 0 aromatic carbocycles. The fourth-order valence-electron chi connectivity index (χ4n) is 3.38. The van der Waals surface area contributed by atoms with Gasteiger partial charge in [-0.2, -0.15) is 5.10 Å². The van der Waals surface area contributed by atoms with Crippen molar-refractivity contribution in [3.63, 3.8) is 0 Å². The summed E-state index contributed by atoms with van der Waals surface area (Å²) in [5.41, 5.74) is 8.15. The number of fused-ring (bicyclic) bond motifs is 1. The van der Waals surface area contributed by atoms with Gasteiger partial charge in [0.05, 0.1) is 17.9 Å². The molecule has 1 aromatic rings. The lowest BCUT2D eigenvalue weighted by molar-refractivity contribution is -0.127. The van der Waals surface area contributed by atoms with Gasteiger partial charge in [0.25, 0.3) is 0 Å². The Morgan fingerprint density at radius 1 is 1.39 bits per heavy atom. The molecule has 1 amide bonds. The Morgan fingerprint density at radius 2 is 2.17 bits per heavy atom. The molecule has 3 rings (SSSR count). The Bertz CT molecular complexity index is 556. The molecule has 0 unspecified atom stereocenters. The van der Waals surface area contributed by atoms with E-state index >= 15 is 0 Å². The van der Waals surface area contributed by atoms with Crippen molar-refractivity contribution in [2.45, 2.75) is 64.7 Å². The van der Waals surface area contributed by atoms with Crippen LogP contribution in [0.4, 0.5) is 0 Å². The van der Waals surface area contributed by atoms with E-state index < -0.39 is 0 Å². The van der Waals surface area contributed by atoms with E-state index in [4.69, 9.17) is 5.73 Å². The van der Waals surface area contributed by atoms with E-state index in [1.165, 1.54) is 12.1 Å². The third kappa shape index (κ3) is 4.32. The fraction of sp³-hybridized carbons (Fsp3) is 0.765. The van der Waals surface area contributed by atoms with Gasteiger partial charge in [-0.25, -0.2) is 0 Å². The normalized spacial score (nSPS) is 19.8. The molecule has 23 heavy (non-hydrogen) atoms. The number of aryl methyl sites for hydroxylation is 1. The summed E-state index contributed by atoms with van der Waals surface area (Å²) in [6.07, 6.45) is 4.34. The summed E-state index contributed by atoms with van der Waals surface area (Å²) < 4.78 is 2.09. The summed E-state index contributed by atoms with van der Waals surface area (Å²) in [5.74, 6) is 0.420. The molecule has 0 radical (unpaired) electrons. The smallest absolute Gasteiger partial charge is 0.223 e. The lowest BCUT2D eigenvalue weighted by atomic mass is 9.85. The maximum absolute atomic E-state index is 11.9. The molecule has 0 bridgehead atoms. The van der Waals surface area contributed by atoms with Crippen molar-refractivity contribution in [3.05, 3.63) is 17.5 Å². The predicted molar refractivity (Wildman–Crippen MR) is 89.6 cm³/mol. The molecule has 1 fully saturated rings. The van der Waals surface area contributed by atoms with Gasteiger partial charge in [0.15, 0.2) is 0 Å². The van der Waals surface area contributed by atoms with Crippen LogP contribution in [0, 0.1) is 5.92 Å². The molecule has 1 aliphatic heterocycles. The van der Waals surface area contributed by atoms with Crippen molar-refractivity contribution in [2.24, 2.45) is 11.7 Å². The van der Waals surface area contributed by atoms with Gasteiger partial charge in [0, 0.05) is 37.6 Å². The number of hydrogen-bond acceptors (Lipinski definition) is 4. The zero-order valence-electron chi connectivity index (χ0n) is 14.3. The monoisotopic (exact) mass is 319 g/mol. The molecule has 2 heterocycles. The average Bonchev–Trinajstić information content (AvgIpc) is 2.66. The number of nitrogens with two attached hydrogens (primary N) is 1. The van der Waals surface area contributed by atoms with E-state index in [1.807, 2.05) is 0 Å². The summed E-state index contributed by atoms with van der Waals surface area (Å²) in [6.45, 7) is 8.42. The number of hydrogen-bond donors (Lipinski definition) is 2. The van der Waals surface area contributed by atoms with Gasteiger partial charge in [-0.1, -0.05) is 6.42 Å². The van der Waals surface area contributed by atoms with Crippen molar-refractivity contribution in [1.82, 2.24) is 20.0 Å². The van der Waals surface area contributed by atoms with Crippen LogP contribution < -0.4 is 11.1 Å². The van der Waals surface area contributed by atoms with Gasteiger partial charge >= 0.3 is 0 Å². The third-order valence-electron chi connectivity index (χ3n) is 4.69. The van der Waals surface area contributed by atoms with Crippen molar-refractivity contribution in [3.8, 4) is 0 Å². The standard InChI is InChI=1S/C17H29N5O/c1-17(2,18)12-21-7-4-8-22-15(11-21)9-14(20-22)10-19-16(23)13-5-3-6-13/h9,13H,3-8,10-12,18H2,1-2H3,(H,19,23). The van der Waals surface area contributed by atoms with Crippen LogP contribution in [0.3, 0.4) is 0 Å². The highest BCUT2D eigenvalue weighted by atomic mass is 16.1. The van der Waals surface area contributed by atoms with Gasteiger partial charge in [-0.3, -0.25) is 14.4 Å². The number of carbonyl (C=O) groups excluding carboxylic acids is 1. The van der Waals surface area contributed by atoms with E-state index in [9.17, 15) is 4.79 Å². The highest BCUT2D eigenvalue weighted by molar-refractivity contribution is 5.79. The molecular weight excluding hydrogens is 290 g/mol. The van der Waals surface area contributed by atoms with Gasteiger partial charge in [0.2, 0.25) is 5.91 Å². The molecule has 3 N–H and O–H groups in total. The summed E-state index contributed by atoms with van der Waals surface area (Å²) >= 11 is 0. The molecule has 0 saturated heterocycles. The highest BCUT2D eigenvalue weighted by Crippen LogP contribution is 2.26. The average molecular weight is 319 g/mol. The van der Waals surface area contributed by atoms with Crippen LogP contribution in [0.5, 0.6) is 0 Å². The summed E-state index contributed by atoms with van der Waals surface area (Å²) in [4.78, 5) is 14.3. The fourth-order valence-corrected chi connectivity index (χ4v) is 3.38. The molecule has 6 heteroatoms. The maximum Gasteiger partial charge on any atom is 0.223 e. The van der Waals surface area contributed by atoms with Crippen molar-refractivity contribution >= 4 is 5.91 Å². The summed E-state index contributed by atoms with van der Waals surface area (Å²) in [5, 5.41) is 7.69. The molecule has 6 nitrogen and oxygen atoms in total. The Kier molecular flexibility index (Phi) is 4.73. The lowest BCUT2D eigenvalue weighted by Gasteiger charge is -2.28. The highest BCUT2D eigenvalue weighted by Gasteiger charge is 2.25. The number of nitrogens with zero attached hydrogens (tertiary/aromatic N) is 3. The Morgan fingerprint density at radius 3 is 2.83 bits per heavy atom. The number of amides is 1. The predicted octanol–water partition coefficient (Wildman–Crippen LogP) is 1.24. The van der Waals surface area contributed by atoms with Crippen LogP contribution in [-0.2, 0) is 24.4 Å². The summed E-state index contributed by atoms with van der Waals surface area (Å²) in [6, 6.07) is 2.13. The second kappa shape index (κ2) is 6.61. The molecule has 1 saturated carbocycles. The number of rotatable bonds is 5. The molecular formula is C17H29N5O. The van der Waals surface area contributed by atoms with Gasteiger partial charge in [-0.05, 0) is 39.2 Å². The molecule has 2 aliphatic rings. The van der Waals surface area contributed by atoms with Gasteiger partial charge in [-0.15, -0.1) is 0 Å². The quantitative estimate of drug-likeness (QED) is 0.856. The molecule has 1 aliphatic carbocycles. The van der Waals surface area contributed by atoms with E-state index in [-0.39, 0.29) is 17.4 Å². The van der Waals surface area contributed by atoms with E-state index in [0.717, 1.165) is 51.1 Å². The van der Waals surface area contributed by atoms with Gasteiger partial charge < -0.3 is 11.1 Å². The van der Waals surface area contributed by atoms with Crippen LogP contribution >= 0.6 is 0 Å². The lowest BCUT2D eigenvalue weighted by Crippen LogP contribution is -2.45. The largest absolute Gasteiger partial charge is 0.350 e. The first-order valence-corrected chi connectivity index (χ1v) is 8.75. The minimum absolute atomic E-state index is 0.186. The van der Waals surface area contributed by atoms with Crippen LogP contribution in [-0.4, -0.2) is 39.2 Å². The number of nitrogens with one attached hydrogen (secondary N) is 1. The molecule has 128 valence electrons. The second-order valence-corrected chi connectivity index (χ2v) is 7.75. The zero-order chi connectivity index (χ0) is 16.4. The van der Waals surface area contributed by atoms with Crippen LogP contribution in [0.1, 0.15) is 50.9 Å². The Hall–Kier alpha value is -1.40. The molecule has 1 aromatic heterocycles. The van der Waals surface area contributed by atoms with Gasteiger partial charge in [0.1, 0.15) is 0 Å². The topological polar surface area (TPSA) is 76.2 Å². The second-order valence-electron chi connectivity index (χ2n) is 7.75. The van der Waals surface area contributed by atoms with Crippen molar-refractivity contribution in [2.75, 3.05) is 13.1 Å². The van der Waals surface area contributed by atoms with Crippen molar-refractivity contribution in [1.29, 1.82) is 0 Å². The minimum atomic E-state index is -0.186. The maximum atomic E-state index is 11.9. The zero-order valence-corrected chi connectivity index (χ0v) is 14.3. The first-order chi connectivity index (χ1) is 10.9.